The molecule has 0 heterocycles. The molecule has 1 nitrogen and oxygen atoms in total. The molecule has 1 aromatic rings. The summed E-state index contributed by atoms with van der Waals surface area (Å²) in [4.78, 5) is 11.0. The van der Waals surface area contributed by atoms with Crippen molar-refractivity contribution in [2.75, 3.05) is 0 Å². The molecule has 0 aliphatic heterocycles. The van der Waals surface area contributed by atoms with Gasteiger partial charge in [0, 0.05) is 23.8 Å². The van der Waals surface area contributed by atoms with Gasteiger partial charge in [0.2, 0.25) is 0 Å². The fourth-order valence-electron chi connectivity index (χ4n) is 1.64. The number of Topliss-reactive ketones (excluding diaryl/α,β-unsaturated/α-hetero) is 1. The highest BCUT2D eigenvalue weighted by Crippen LogP contribution is 2.31. The highest BCUT2D eigenvalue weighted by molar-refractivity contribution is 6.30. The zero-order valence-corrected chi connectivity index (χ0v) is 7.97. The minimum Gasteiger partial charge on any atom is -0.300 e. The van der Waals surface area contributed by atoms with E-state index in [2.05, 4.69) is 0 Å². The van der Waals surface area contributed by atoms with Gasteiger partial charge >= 0.3 is 0 Å². The van der Waals surface area contributed by atoms with E-state index in [4.69, 9.17) is 11.6 Å². The zero-order valence-electron chi connectivity index (χ0n) is 7.22. The first-order chi connectivity index (χ1) is 6.25. The fraction of sp³-hybridized carbons (Fsp3) is 0.273. The van der Waals surface area contributed by atoms with Crippen LogP contribution in [0.1, 0.15) is 24.8 Å². The monoisotopic (exact) mass is 193 g/mol. The average Bonchev–Trinajstić information content (AvgIpc) is 2.53. The SMILES string of the molecule is O=C1CC[C](c2ccc(Cl)cc2)C1. The molecule has 0 saturated heterocycles. The number of rotatable bonds is 1. The van der Waals surface area contributed by atoms with Crippen molar-refractivity contribution >= 4 is 17.4 Å². The molecule has 0 spiro atoms. The minimum atomic E-state index is 0.352. The van der Waals surface area contributed by atoms with Crippen LogP contribution in [0.25, 0.3) is 0 Å². The van der Waals surface area contributed by atoms with Gasteiger partial charge in [0.05, 0.1) is 0 Å². The zero-order chi connectivity index (χ0) is 9.26. The Labute approximate surface area is 82.7 Å². The van der Waals surface area contributed by atoms with Crippen molar-refractivity contribution in [3.05, 3.63) is 40.8 Å². The Hall–Kier alpha value is -0.820. The summed E-state index contributed by atoms with van der Waals surface area (Å²) in [7, 11) is 0. The summed E-state index contributed by atoms with van der Waals surface area (Å²) in [6.45, 7) is 0. The Morgan fingerprint density at radius 2 is 1.77 bits per heavy atom. The van der Waals surface area contributed by atoms with Gasteiger partial charge in [0.25, 0.3) is 0 Å². The van der Waals surface area contributed by atoms with Crippen LogP contribution in [0.3, 0.4) is 0 Å². The third-order valence-electron chi connectivity index (χ3n) is 2.37. The van der Waals surface area contributed by atoms with Gasteiger partial charge in [0.1, 0.15) is 5.78 Å². The predicted octanol–water partition coefficient (Wildman–Crippen LogP) is 3.02. The third-order valence-corrected chi connectivity index (χ3v) is 2.62. The van der Waals surface area contributed by atoms with E-state index in [0.29, 0.717) is 18.6 Å². The normalized spacial score (nSPS) is 18.1. The maximum Gasteiger partial charge on any atom is 0.133 e. The lowest BCUT2D eigenvalue weighted by Gasteiger charge is -2.06. The van der Waals surface area contributed by atoms with Gasteiger partial charge in [0.15, 0.2) is 0 Å². The summed E-state index contributed by atoms with van der Waals surface area (Å²) in [5.41, 5.74) is 1.16. The smallest absolute Gasteiger partial charge is 0.133 e. The summed E-state index contributed by atoms with van der Waals surface area (Å²) < 4.78 is 0. The van der Waals surface area contributed by atoms with Crippen LogP contribution in [0.2, 0.25) is 5.02 Å². The van der Waals surface area contributed by atoms with Crippen molar-refractivity contribution in [1.29, 1.82) is 0 Å². The van der Waals surface area contributed by atoms with E-state index in [1.54, 1.807) is 0 Å². The van der Waals surface area contributed by atoms with Crippen molar-refractivity contribution < 1.29 is 4.79 Å². The van der Waals surface area contributed by atoms with Crippen LogP contribution in [0, 0.1) is 5.92 Å². The maximum atomic E-state index is 11.0. The van der Waals surface area contributed by atoms with E-state index < -0.39 is 0 Å². The summed E-state index contributed by atoms with van der Waals surface area (Å²) >= 11 is 5.77. The number of hydrogen-bond donors (Lipinski definition) is 0. The van der Waals surface area contributed by atoms with Gasteiger partial charge in [-0.3, -0.25) is 4.79 Å². The molecule has 2 rings (SSSR count). The van der Waals surface area contributed by atoms with Crippen LogP contribution >= 0.6 is 11.6 Å². The van der Waals surface area contributed by atoms with Crippen LogP contribution < -0.4 is 0 Å². The Kier molecular flexibility index (Phi) is 2.36. The van der Waals surface area contributed by atoms with E-state index >= 15 is 0 Å². The van der Waals surface area contributed by atoms with E-state index in [0.717, 1.165) is 17.0 Å². The second kappa shape index (κ2) is 3.51. The van der Waals surface area contributed by atoms with Gasteiger partial charge in [-0.05, 0) is 24.1 Å². The van der Waals surface area contributed by atoms with Crippen LogP contribution in [0.15, 0.2) is 24.3 Å². The molecule has 1 aromatic carbocycles. The number of halogens is 1. The van der Waals surface area contributed by atoms with Crippen LogP contribution in [-0.2, 0) is 4.79 Å². The standard InChI is InChI=1S/C11H10ClO/c12-10-4-1-8(2-5-10)9-3-6-11(13)7-9/h1-2,4-5H,3,6-7H2. The molecular formula is C11H10ClO. The molecule has 13 heavy (non-hydrogen) atoms. The summed E-state index contributed by atoms with van der Waals surface area (Å²) in [6.07, 6.45) is 2.25. The quantitative estimate of drug-likeness (QED) is 0.670. The molecule has 1 fully saturated rings. The highest BCUT2D eigenvalue weighted by atomic mass is 35.5. The molecule has 1 radical (unpaired) electrons. The number of carbonyl (C=O) groups is 1. The van der Waals surface area contributed by atoms with Gasteiger partial charge in [-0.2, -0.15) is 0 Å². The number of carbonyl (C=O) groups excluding carboxylic acids is 1. The Balaban J connectivity index is 2.17. The lowest BCUT2D eigenvalue weighted by molar-refractivity contribution is -0.117. The second-order valence-electron chi connectivity index (χ2n) is 3.33. The van der Waals surface area contributed by atoms with Gasteiger partial charge in [-0.25, -0.2) is 0 Å². The summed E-state index contributed by atoms with van der Waals surface area (Å²) in [5, 5.41) is 0.744. The molecule has 1 aliphatic rings. The minimum absolute atomic E-state index is 0.352. The maximum absolute atomic E-state index is 11.0. The Morgan fingerprint density at radius 1 is 1.08 bits per heavy atom. The second-order valence-corrected chi connectivity index (χ2v) is 3.76. The van der Waals surface area contributed by atoms with E-state index in [1.165, 1.54) is 5.92 Å². The van der Waals surface area contributed by atoms with E-state index in [-0.39, 0.29) is 0 Å². The van der Waals surface area contributed by atoms with Crippen LogP contribution in [0.5, 0.6) is 0 Å². The predicted molar refractivity (Wildman–Crippen MR) is 52.7 cm³/mol. The summed E-state index contributed by atoms with van der Waals surface area (Å²) in [5.74, 6) is 1.60. The van der Waals surface area contributed by atoms with Gasteiger partial charge < -0.3 is 0 Å². The highest BCUT2D eigenvalue weighted by Gasteiger charge is 2.23. The lowest BCUT2D eigenvalue weighted by Crippen LogP contribution is -1.94. The molecule has 67 valence electrons. The molecule has 2 heteroatoms. The third kappa shape index (κ3) is 1.92. The van der Waals surface area contributed by atoms with Crippen molar-refractivity contribution in [1.82, 2.24) is 0 Å². The first-order valence-electron chi connectivity index (χ1n) is 4.38. The first kappa shape index (κ1) is 8.76. The topological polar surface area (TPSA) is 17.1 Å². The average molecular weight is 194 g/mol. The molecule has 1 aliphatic carbocycles. The number of hydrogen-bond acceptors (Lipinski definition) is 1. The first-order valence-corrected chi connectivity index (χ1v) is 4.76. The molecule has 0 aromatic heterocycles. The number of ketones is 1. The number of benzene rings is 1. The molecule has 0 unspecified atom stereocenters. The van der Waals surface area contributed by atoms with Crippen molar-refractivity contribution in [3.8, 4) is 0 Å². The van der Waals surface area contributed by atoms with E-state index in [9.17, 15) is 4.79 Å². The molecular weight excluding hydrogens is 184 g/mol. The molecule has 0 N–H and O–H groups in total. The molecule has 0 atom stereocenters. The lowest BCUT2D eigenvalue weighted by atomic mass is 9.98. The van der Waals surface area contributed by atoms with Gasteiger partial charge in [-0.15, -0.1) is 0 Å². The Morgan fingerprint density at radius 3 is 2.31 bits per heavy atom. The summed E-state index contributed by atoms with van der Waals surface area (Å²) in [6, 6.07) is 7.70. The van der Waals surface area contributed by atoms with E-state index in [1.807, 2.05) is 24.3 Å². The molecule has 0 amide bonds. The van der Waals surface area contributed by atoms with Crippen molar-refractivity contribution in [2.45, 2.75) is 19.3 Å². The fourth-order valence-corrected chi connectivity index (χ4v) is 1.76. The van der Waals surface area contributed by atoms with Crippen molar-refractivity contribution in [3.63, 3.8) is 0 Å². The largest absolute Gasteiger partial charge is 0.300 e. The van der Waals surface area contributed by atoms with Crippen LogP contribution in [-0.4, -0.2) is 5.78 Å². The molecule has 1 saturated carbocycles. The van der Waals surface area contributed by atoms with Crippen LogP contribution in [0.4, 0.5) is 0 Å². The Bertz CT molecular complexity index is 315. The molecule has 0 bridgehead atoms. The van der Waals surface area contributed by atoms with Crippen molar-refractivity contribution in [2.24, 2.45) is 0 Å². The van der Waals surface area contributed by atoms with Gasteiger partial charge in [-0.1, -0.05) is 23.7 Å².